The molecule has 3 rings (SSSR count). The number of hydrogen-bond acceptors (Lipinski definition) is 3. The van der Waals surface area contributed by atoms with Crippen LogP contribution in [0.15, 0.2) is 48.5 Å². The van der Waals surface area contributed by atoms with Gasteiger partial charge in [-0.15, -0.1) is 11.3 Å². The number of anilines is 1. The zero-order valence-electron chi connectivity index (χ0n) is 11.3. The van der Waals surface area contributed by atoms with Crippen molar-refractivity contribution in [2.45, 2.75) is 6.92 Å². The molecule has 0 atom stereocenters. The molecule has 0 spiro atoms. The summed E-state index contributed by atoms with van der Waals surface area (Å²) < 4.78 is 1.11. The quantitative estimate of drug-likeness (QED) is 0.714. The van der Waals surface area contributed by atoms with E-state index in [0.717, 1.165) is 20.9 Å². The van der Waals surface area contributed by atoms with E-state index >= 15 is 0 Å². The van der Waals surface area contributed by atoms with Crippen molar-refractivity contribution in [3.8, 4) is 0 Å². The summed E-state index contributed by atoms with van der Waals surface area (Å²) in [5, 5.41) is 1.01. The number of amides is 1. The molecule has 0 N–H and O–H groups in total. The predicted molar refractivity (Wildman–Crippen MR) is 83.5 cm³/mol. The van der Waals surface area contributed by atoms with E-state index in [1.165, 1.54) is 0 Å². The Morgan fingerprint density at radius 2 is 1.90 bits per heavy atom. The molecule has 3 nitrogen and oxygen atoms in total. The Kier molecular flexibility index (Phi) is 3.24. The van der Waals surface area contributed by atoms with Crippen LogP contribution in [0.4, 0.5) is 5.69 Å². The SMILES string of the molecule is Cc1nc2cc(C(=O)N(C)c3ccccc3)ccc2s1. The average molecular weight is 282 g/mol. The van der Waals surface area contributed by atoms with Gasteiger partial charge in [0.1, 0.15) is 0 Å². The first-order valence-electron chi connectivity index (χ1n) is 6.35. The highest BCUT2D eigenvalue weighted by Gasteiger charge is 2.14. The van der Waals surface area contributed by atoms with E-state index in [4.69, 9.17) is 0 Å². The maximum atomic E-state index is 12.5. The van der Waals surface area contributed by atoms with Crippen LogP contribution in [-0.4, -0.2) is 17.9 Å². The van der Waals surface area contributed by atoms with Gasteiger partial charge in [-0.2, -0.15) is 0 Å². The van der Waals surface area contributed by atoms with Gasteiger partial charge in [-0.3, -0.25) is 4.79 Å². The number of benzene rings is 2. The molecule has 0 unspecified atom stereocenters. The van der Waals surface area contributed by atoms with Crippen LogP contribution in [0.25, 0.3) is 10.2 Å². The molecule has 20 heavy (non-hydrogen) atoms. The molecule has 0 radical (unpaired) electrons. The third-order valence-electron chi connectivity index (χ3n) is 3.19. The van der Waals surface area contributed by atoms with Crippen molar-refractivity contribution in [2.24, 2.45) is 0 Å². The summed E-state index contributed by atoms with van der Waals surface area (Å²) in [7, 11) is 1.79. The van der Waals surface area contributed by atoms with Gasteiger partial charge in [-0.05, 0) is 37.3 Å². The summed E-state index contributed by atoms with van der Waals surface area (Å²) in [6.07, 6.45) is 0. The minimum atomic E-state index is -0.0243. The van der Waals surface area contributed by atoms with Crippen LogP contribution < -0.4 is 4.90 Å². The molecule has 0 saturated heterocycles. The molecule has 100 valence electrons. The van der Waals surface area contributed by atoms with Crippen LogP contribution in [0.5, 0.6) is 0 Å². The first-order valence-corrected chi connectivity index (χ1v) is 7.17. The Morgan fingerprint density at radius 1 is 1.15 bits per heavy atom. The van der Waals surface area contributed by atoms with Crippen LogP contribution in [-0.2, 0) is 0 Å². The Morgan fingerprint density at radius 3 is 2.65 bits per heavy atom. The van der Waals surface area contributed by atoms with Gasteiger partial charge >= 0.3 is 0 Å². The normalized spacial score (nSPS) is 10.7. The molecule has 4 heteroatoms. The number of hydrogen-bond donors (Lipinski definition) is 0. The lowest BCUT2D eigenvalue weighted by Crippen LogP contribution is -2.26. The zero-order valence-corrected chi connectivity index (χ0v) is 12.1. The maximum absolute atomic E-state index is 12.5. The van der Waals surface area contributed by atoms with Crippen LogP contribution in [0.3, 0.4) is 0 Å². The van der Waals surface area contributed by atoms with Gasteiger partial charge in [-0.25, -0.2) is 4.98 Å². The monoisotopic (exact) mass is 282 g/mol. The molecule has 0 aliphatic carbocycles. The molecule has 1 heterocycles. The molecule has 2 aromatic carbocycles. The van der Waals surface area contributed by atoms with Crippen LogP contribution in [0, 0.1) is 6.92 Å². The summed E-state index contributed by atoms with van der Waals surface area (Å²) in [4.78, 5) is 18.6. The maximum Gasteiger partial charge on any atom is 0.258 e. The number of nitrogens with zero attached hydrogens (tertiary/aromatic N) is 2. The van der Waals surface area contributed by atoms with E-state index in [9.17, 15) is 4.79 Å². The van der Waals surface area contributed by atoms with E-state index < -0.39 is 0 Å². The van der Waals surface area contributed by atoms with Crippen molar-refractivity contribution >= 4 is 33.1 Å². The number of fused-ring (bicyclic) bond motifs is 1. The second kappa shape index (κ2) is 5.06. The highest BCUT2D eigenvalue weighted by Crippen LogP contribution is 2.23. The van der Waals surface area contributed by atoms with Crippen molar-refractivity contribution in [3.05, 3.63) is 59.1 Å². The Hall–Kier alpha value is -2.20. The van der Waals surface area contributed by atoms with E-state index in [1.54, 1.807) is 23.3 Å². The standard InChI is InChI=1S/C16H14N2OS/c1-11-17-14-10-12(8-9-15(14)20-11)16(19)18(2)13-6-4-3-5-7-13/h3-10H,1-2H3. The molecule has 0 aliphatic heterocycles. The van der Waals surface area contributed by atoms with Crippen molar-refractivity contribution < 1.29 is 4.79 Å². The second-order valence-electron chi connectivity index (χ2n) is 4.62. The molecule has 3 aromatic rings. The minimum Gasteiger partial charge on any atom is -0.311 e. The summed E-state index contributed by atoms with van der Waals surface area (Å²) in [6, 6.07) is 15.3. The van der Waals surface area contributed by atoms with Gasteiger partial charge in [0.2, 0.25) is 0 Å². The Labute approximate surface area is 121 Å². The van der Waals surface area contributed by atoms with Gasteiger partial charge in [0.15, 0.2) is 0 Å². The topological polar surface area (TPSA) is 33.2 Å². The highest BCUT2D eigenvalue weighted by molar-refractivity contribution is 7.18. The fourth-order valence-electron chi connectivity index (χ4n) is 2.14. The largest absolute Gasteiger partial charge is 0.311 e. The number of rotatable bonds is 2. The average Bonchev–Trinajstić information content (AvgIpc) is 2.85. The number of carbonyl (C=O) groups excluding carboxylic acids is 1. The third kappa shape index (κ3) is 2.30. The van der Waals surface area contributed by atoms with Crippen molar-refractivity contribution in [1.82, 2.24) is 4.98 Å². The third-order valence-corrected chi connectivity index (χ3v) is 4.14. The van der Waals surface area contributed by atoms with Gasteiger partial charge in [0, 0.05) is 18.3 Å². The first-order chi connectivity index (χ1) is 9.65. The number of aromatic nitrogens is 1. The van der Waals surface area contributed by atoms with Crippen LogP contribution in [0.1, 0.15) is 15.4 Å². The lowest BCUT2D eigenvalue weighted by molar-refractivity contribution is 0.0993. The lowest BCUT2D eigenvalue weighted by Gasteiger charge is -2.17. The molecule has 0 saturated carbocycles. The van der Waals surface area contributed by atoms with Gasteiger partial charge in [0.05, 0.1) is 15.2 Å². The Bertz CT molecular complexity index is 765. The molecule has 1 aromatic heterocycles. The summed E-state index contributed by atoms with van der Waals surface area (Å²) in [6.45, 7) is 1.97. The minimum absolute atomic E-state index is 0.0243. The first kappa shape index (κ1) is 12.8. The highest BCUT2D eigenvalue weighted by atomic mass is 32.1. The number of para-hydroxylation sites is 1. The molecule has 0 aliphatic rings. The van der Waals surface area contributed by atoms with Gasteiger partial charge < -0.3 is 4.90 Å². The van der Waals surface area contributed by atoms with E-state index in [0.29, 0.717) is 5.56 Å². The van der Waals surface area contributed by atoms with E-state index in [-0.39, 0.29) is 5.91 Å². The fraction of sp³-hybridized carbons (Fsp3) is 0.125. The molecular weight excluding hydrogens is 268 g/mol. The van der Waals surface area contributed by atoms with Crippen LogP contribution >= 0.6 is 11.3 Å². The van der Waals surface area contributed by atoms with E-state index in [2.05, 4.69) is 4.98 Å². The smallest absolute Gasteiger partial charge is 0.258 e. The van der Waals surface area contributed by atoms with Gasteiger partial charge in [0.25, 0.3) is 5.91 Å². The van der Waals surface area contributed by atoms with E-state index in [1.807, 2.05) is 55.5 Å². The van der Waals surface area contributed by atoms with Crippen molar-refractivity contribution in [3.63, 3.8) is 0 Å². The van der Waals surface area contributed by atoms with Crippen molar-refractivity contribution in [2.75, 3.05) is 11.9 Å². The number of carbonyl (C=O) groups is 1. The molecule has 0 fully saturated rings. The number of thiazole rings is 1. The summed E-state index contributed by atoms with van der Waals surface area (Å²) in [5.74, 6) is -0.0243. The lowest BCUT2D eigenvalue weighted by atomic mass is 10.1. The van der Waals surface area contributed by atoms with Gasteiger partial charge in [-0.1, -0.05) is 18.2 Å². The van der Waals surface area contributed by atoms with Crippen LogP contribution in [0.2, 0.25) is 0 Å². The second-order valence-corrected chi connectivity index (χ2v) is 5.85. The fourth-order valence-corrected chi connectivity index (χ4v) is 2.95. The molecule has 0 bridgehead atoms. The van der Waals surface area contributed by atoms with Crippen molar-refractivity contribution in [1.29, 1.82) is 0 Å². The number of aryl methyl sites for hydroxylation is 1. The molecular formula is C16H14N2OS. The summed E-state index contributed by atoms with van der Waals surface area (Å²) >= 11 is 1.64. The molecule has 1 amide bonds. The zero-order chi connectivity index (χ0) is 14.1. The Balaban J connectivity index is 1.95. The predicted octanol–water partition coefficient (Wildman–Crippen LogP) is 3.88. The summed E-state index contributed by atoms with van der Waals surface area (Å²) in [5.41, 5.74) is 2.43.